The van der Waals surface area contributed by atoms with Gasteiger partial charge >= 0.3 is 0 Å². The quantitative estimate of drug-likeness (QED) is 0.432. The summed E-state index contributed by atoms with van der Waals surface area (Å²) in [4.78, 5) is 35.8. The number of carbonyl (C=O) groups excluding carboxylic acids is 2. The Morgan fingerprint density at radius 1 is 0.900 bits per heavy atom. The first-order valence-electron chi connectivity index (χ1n) is 9.12. The van der Waals surface area contributed by atoms with E-state index < -0.39 is 10.8 Å². The van der Waals surface area contributed by atoms with E-state index in [9.17, 15) is 19.7 Å². The lowest BCUT2D eigenvalue weighted by atomic mass is 10.1. The van der Waals surface area contributed by atoms with Crippen LogP contribution in [-0.4, -0.2) is 23.3 Å². The van der Waals surface area contributed by atoms with E-state index in [2.05, 4.69) is 10.6 Å². The van der Waals surface area contributed by atoms with Gasteiger partial charge in [-0.15, -0.1) is 0 Å². The van der Waals surface area contributed by atoms with Crippen LogP contribution in [0.5, 0.6) is 0 Å². The van der Waals surface area contributed by atoms with E-state index in [0.29, 0.717) is 13.0 Å². The SMILES string of the molecule is O=C(NCCc1ccccc1)c1ccccc1NC(=O)c1cc(Cl)ccc1[N+](=O)[O-]. The van der Waals surface area contributed by atoms with Crippen molar-refractivity contribution in [2.75, 3.05) is 11.9 Å². The molecule has 30 heavy (non-hydrogen) atoms. The van der Waals surface area contributed by atoms with Gasteiger partial charge in [-0.3, -0.25) is 19.7 Å². The summed E-state index contributed by atoms with van der Waals surface area (Å²) >= 11 is 5.89. The van der Waals surface area contributed by atoms with Crippen molar-refractivity contribution in [1.82, 2.24) is 5.32 Å². The van der Waals surface area contributed by atoms with Crippen molar-refractivity contribution in [2.45, 2.75) is 6.42 Å². The number of hydrogen-bond acceptors (Lipinski definition) is 4. The lowest BCUT2D eigenvalue weighted by molar-refractivity contribution is -0.385. The summed E-state index contributed by atoms with van der Waals surface area (Å²) in [6, 6.07) is 19.9. The fraction of sp³-hybridized carbons (Fsp3) is 0.0909. The molecule has 0 aliphatic heterocycles. The van der Waals surface area contributed by atoms with Crippen molar-refractivity contribution in [3.05, 3.63) is 105 Å². The zero-order valence-corrected chi connectivity index (χ0v) is 16.6. The molecule has 0 fully saturated rings. The summed E-state index contributed by atoms with van der Waals surface area (Å²) in [5, 5.41) is 16.8. The Morgan fingerprint density at radius 2 is 1.60 bits per heavy atom. The average molecular weight is 424 g/mol. The maximum atomic E-state index is 12.7. The van der Waals surface area contributed by atoms with Gasteiger partial charge in [-0.05, 0) is 36.2 Å². The van der Waals surface area contributed by atoms with E-state index in [-0.39, 0.29) is 33.4 Å². The number of amides is 2. The van der Waals surface area contributed by atoms with Gasteiger partial charge in [0, 0.05) is 17.6 Å². The Labute approximate surface area is 177 Å². The topological polar surface area (TPSA) is 101 Å². The number of nitrogens with one attached hydrogen (secondary N) is 2. The van der Waals surface area contributed by atoms with E-state index in [1.165, 1.54) is 18.2 Å². The second kappa shape index (κ2) is 9.67. The molecule has 0 aliphatic carbocycles. The molecule has 0 saturated carbocycles. The van der Waals surface area contributed by atoms with Gasteiger partial charge in [0.25, 0.3) is 17.5 Å². The molecule has 3 aromatic carbocycles. The highest BCUT2D eigenvalue weighted by Gasteiger charge is 2.22. The van der Waals surface area contributed by atoms with Crippen molar-refractivity contribution in [3.8, 4) is 0 Å². The predicted molar refractivity (Wildman–Crippen MR) is 115 cm³/mol. The minimum Gasteiger partial charge on any atom is -0.352 e. The van der Waals surface area contributed by atoms with E-state index in [1.54, 1.807) is 24.3 Å². The number of halogens is 1. The molecule has 0 spiro atoms. The highest BCUT2D eigenvalue weighted by Crippen LogP contribution is 2.24. The molecule has 0 aliphatic rings. The summed E-state index contributed by atoms with van der Waals surface area (Å²) in [7, 11) is 0. The molecule has 2 amide bonds. The van der Waals surface area contributed by atoms with Crippen molar-refractivity contribution in [1.29, 1.82) is 0 Å². The molecule has 0 radical (unpaired) electrons. The Balaban J connectivity index is 1.74. The summed E-state index contributed by atoms with van der Waals surface area (Å²) in [5.74, 6) is -1.09. The van der Waals surface area contributed by atoms with Crippen molar-refractivity contribution in [2.24, 2.45) is 0 Å². The molecule has 152 valence electrons. The molecule has 3 rings (SSSR count). The molecule has 0 unspecified atom stereocenters. The van der Waals surface area contributed by atoms with Crippen LogP contribution in [0.1, 0.15) is 26.3 Å². The van der Waals surface area contributed by atoms with Gasteiger partial charge < -0.3 is 10.6 Å². The van der Waals surface area contributed by atoms with Gasteiger partial charge in [-0.1, -0.05) is 54.1 Å². The van der Waals surface area contributed by atoms with E-state index in [0.717, 1.165) is 5.56 Å². The number of rotatable bonds is 7. The minimum absolute atomic E-state index is 0.188. The van der Waals surface area contributed by atoms with Crippen molar-refractivity contribution >= 4 is 34.8 Å². The van der Waals surface area contributed by atoms with Crippen LogP contribution in [0.15, 0.2) is 72.8 Å². The molecule has 2 N–H and O–H groups in total. The zero-order chi connectivity index (χ0) is 21.5. The van der Waals surface area contributed by atoms with Gasteiger partial charge in [-0.2, -0.15) is 0 Å². The third-order valence-electron chi connectivity index (χ3n) is 4.36. The van der Waals surface area contributed by atoms with Crippen LogP contribution in [0.2, 0.25) is 5.02 Å². The number of anilines is 1. The first-order valence-corrected chi connectivity index (χ1v) is 9.50. The predicted octanol–water partition coefficient (Wildman–Crippen LogP) is 4.47. The van der Waals surface area contributed by atoms with Crippen LogP contribution in [0, 0.1) is 10.1 Å². The fourth-order valence-electron chi connectivity index (χ4n) is 2.89. The monoisotopic (exact) mass is 423 g/mol. The Morgan fingerprint density at radius 3 is 2.33 bits per heavy atom. The molecule has 0 saturated heterocycles. The maximum absolute atomic E-state index is 12.7. The van der Waals surface area contributed by atoms with Crippen LogP contribution >= 0.6 is 11.6 Å². The van der Waals surface area contributed by atoms with Crippen LogP contribution < -0.4 is 10.6 Å². The largest absolute Gasteiger partial charge is 0.352 e. The van der Waals surface area contributed by atoms with Gasteiger partial charge in [0.15, 0.2) is 0 Å². The molecule has 0 heterocycles. The summed E-state index contributed by atoms with van der Waals surface area (Å²) in [5.41, 5.74) is 1.03. The summed E-state index contributed by atoms with van der Waals surface area (Å²) in [6.07, 6.45) is 0.663. The standard InChI is InChI=1S/C22H18ClN3O4/c23-16-10-11-20(26(29)30)18(14-16)22(28)25-19-9-5-4-8-17(19)21(27)24-13-12-15-6-2-1-3-7-15/h1-11,14H,12-13H2,(H,24,27)(H,25,28). The molecular weight excluding hydrogens is 406 g/mol. The van der Waals surface area contributed by atoms with Crippen molar-refractivity contribution in [3.63, 3.8) is 0 Å². The summed E-state index contributed by atoms with van der Waals surface area (Å²) in [6.45, 7) is 0.422. The van der Waals surface area contributed by atoms with E-state index >= 15 is 0 Å². The highest BCUT2D eigenvalue weighted by atomic mass is 35.5. The number of carbonyl (C=O) groups is 2. The van der Waals surface area contributed by atoms with Gasteiger partial charge in [0.05, 0.1) is 16.2 Å². The Kier molecular flexibility index (Phi) is 6.77. The lowest BCUT2D eigenvalue weighted by Crippen LogP contribution is -2.27. The minimum atomic E-state index is -0.728. The normalized spacial score (nSPS) is 10.3. The van der Waals surface area contributed by atoms with Gasteiger partial charge in [0.1, 0.15) is 5.56 Å². The second-order valence-corrected chi connectivity index (χ2v) is 6.85. The number of para-hydroxylation sites is 1. The first kappa shape index (κ1) is 21.0. The smallest absolute Gasteiger partial charge is 0.282 e. The summed E-state index contributed by atoms with van der Waals surface area (Å²) < 4.78 is 0. The number of benzene rings is 3. The van der Waals surface area contributed by atoms with Crippen molar-refractivity contribution < 1.29 is 14.5 Å². The molecular formula is C22H18ClN3O4. The Hall–Kier alpha value is -3.71. The van der Waals surface area contributed by atoms with Crippen LogP contribution in [0.25, 0.3) is 0 Å². The fourth-order valence-corrected chi connectivity index (χ4v) is 3.06. The molecule has 3 aromatic rings. The molecule has 0 bridgehead atoms. The third-order valence-corrected chi connectivity index (χ3v) is 4.60. The zero-order valence-electron chi connectivity index (χ0n) is 15.8. The van der Waals surface area contributed by atoms with Crippen LogP contribution in [-0.2, 0) is 6.42 Å². The molecule has 0 atom stereocenters. The number of nitro groups is 1. The maximum Gasteiger partial charge on any atom is 0.282 e. The van der Waals surface area contributed by atoms with Crippen LogP contribution in [0.3, 0.4) is 0 Å². The second-order valence-electron chi connectivity index (χ2n) is 6.41. The molecule has 8 heteroatoms. The molecule has 7 nitrogen and oxygen atoms in total. The van der Waals surface area contributed by atoms with Gasteiger partial charge in [-0.25, -0.2) is 0 Å². The van der Waals surface area contributed by atoms with E-state index in [1.807, 2.05) is 30.3 Å². The Bertz CT molecular complexity index is 1090. The highest BCUT2D eigenvalue weighted by molar-refractivity contribution is 6.31. The number of nitrogens with zero attached hydrogens (tertiary/aromatic N) is 1. The first-order chi connectivity index (χ1) is 14.5. The third kappa shape index (κ3) is 5.21. The van der Waals surface area contributed by atoms with E-state index in [4.69, 9.17) is 11.6 Å². The average Bonchev–Trinajstić information content (AvgIpc) is 2.74. The molecule has 0 aromatic heterocycles. The van der Waals surface area contributed by atoms with Gasteiger partial charge in [0.2, 0.25) is 0 Å². The number of nitro benzene ring substituents is 1. The van der Waals surface area contributed by atoms with Crippen LogP contribution in [0.4, 0.5) is 11.4 Å². The number of hydrogen-bond donors (Lipinski definition) is 2. The lowest BCUT2D eigenvalue weighted by Gasteiger charge is -2.12.